The van der Waals surface area contributed by atoms with Crippen LogP contribution in [-0.4, -0.2) is 39.9 Å². The summed E-state index contributed by atoms with van der Waals surface area (Å²) >= 11 is 0. The van der Waals surface area contributed by atoms with Crippen molar-refractivity contribution in [3.63, 3.8) is 0 Å². The molecule has 2 rings (SSSR count). The summed E-state index contributed by atoms with van der Waals surface area (Å²) in [5.74, 6) is 0.722. The van der Waals surface area contributed by atoms with Gasteiger partial charge in [0.15, 0.2) is 0 Å². The Morgan fingerprint density at radius 2 is 2.00 bits per heavy atom. The van der Waals surface area contributed by atoms with Crippen LogP contribution >= 0.6 is 0 Å². The fourth-order valence-electron chi connectivity index (χ4n) is 1.78. The Bertz CT molecular complexity index is 565. The first kappa shape index (κ1) is 14.1. The first-order valence-corrected chi connectivity index (χ1v) is 7.31. The van der Waals surface area contributed by atoms with Crippen molar-refractivity contribution in [2.45, 2.75) is 23.3 Å². The molecule has 19 heavy (non-hydrogen) atoms. The summed E-state index contributed by atoms with van der Waals surface area (Å²) in [6, 6.07) is 4.48. The summed E-state index contributed by atoms with van der Waals surface area (Å²) in [5, 5.41) is 9.20. The van der Waals surface area contributed by atoms with Crippen LogP contribution in [-0.2, 0) is 10.0 Å². The predicted molar refractivity (Wildman–Crippen MR) is 68.9 cm³/mol. The average molecular weight is 287 g/mol. The summed E-state index contributed by atoms with van der Waals surface area (Å²) < 4.78 is 37.2. The second-order valence-electron chi connectivity index (χ2n) is 4.56. The minimum atomic E-state index is -3.73. The van der Waals surface area contributed by atoms with Crippen LogP contribution in [0.3, 0.4) is 0 Å². The van der Waals surface area contributed by atoms with E-state index in [0.717, 1.165) is 0 Å². The zero-order valence-electron chi connectivity index (χ0n) is 10.8. The Morgan fingerprint density at radius 3 is 2.47 bits per heavy atom. The van der Waals surface area contributed by atoms with E-state index in [1.807, 2.05) is 0 Å². The number of ether oxygens (including phenoxy) is 2. The van der Waals surface area contributed by atoms with Gasteiger partial charge in [0.2, 0.25) is 10.0 Å². The van der Waals surface area contributed by atoms with Crippen molar-refractivity contribution in [2.24, 2.45) is 0 Å². The van der Waals surface area contributed by atoms with Gasteiger partial charge in [0.1, 0.15) is 16.4 Å². The summed E-state index contributed by atoms with van der Waals surface area (Å²) in [7, 11) is -0.838. The topological polar surface area (TPSA) is 84.9 Å². The van der Waals surface area contributed by atoms with Gasteiger partial charge in [-0.2, -0.15) is 0 Å². The van der Waals surface area contributed by atoms with Gasteiger partial charge in [0.25, 0.3) is 0 Å². The van der Waals surface area contributed by atoms with Crippen molar-refractivity contribution in [1.82, 2.24) is 4.72 Å². The highest BCUT2D eigenvalue weighted by molar-refractivity contribution is 7.89. The molecule has 0 aliphatic heterocycles. The molecule has 0 aromatic heterocycles. The van der Waals surface area contributed by atoms with Crippen LogP contribution in [0.2, 0.25) is 0 Å². The predicted octanol–water partition coefficient (Wildman–Crippen LogP) is 0.507. The third-order valence-corrected chi connectivity index (χ3v) is 4.79. The molecular weight excluding hydrogens is 270 g/mol. The van der Waals surface area contributed by atoms with Crippen molar-refractivity contribution in [1.29, 1.82) is 0 Å². The second kappa shape index (κ2) is 4.99. The molecule has 0 atom stereocenters. The van der Waals surface area contributed by atoms with Gasteiger partial charge in [0, 0.05) is 6.07 Å². The van der Waals surface area contributed by atoms with Crippen LogP contribution in [0.5, 0.6) is 11.5 Å². The third kappa shape index (κ3) is 2.83. The van der Waals surface area contributed by atoms with E-state index in [0.29, 0.717) is 18.6 Å². The Balaban J connectivity index is 2.34. The SMILES string of the molecule is COc1ccc(S(=O)(=O)NC2(CO)CC2)c(OC)c1. The number of benzene rings is 1. The van der Waals surface area contributed by atoms with E-state index in [9.17, 15) is 13.5 Å². The van der Waals surface area contributed by atoms with Gasteiger partial charge >= 0.3 is 0 Å². The van der Waals surface area contributed by atoms with Gasteiger partial charge in [-0.25, -0.2) is 13.1 Å². The zero-order valence-corrected chi connectivity index (χ0v) is 11.7. The molecule has 1 aliphatic rings. The summed E-state index contributed by atoms with van der Waals surface area (Å²) in [6.07, 6.45) is 1.28. The lowest BCUT2D eigenvalue weighted by Gasteiger charge is -2.16. The number of aliphatic hydroxyl groups excluding tert-OH is 1. The molecule has 0 bridgehead atoms. The molecule has 2 N–H and O–H groups in total. The molecule has 0 unspecified atom stereocenters. The fraction of sp³-hybridized carbons (Fsp3) is 0.500. The van der Waals surface area contributed by atoms with Gasteiger partial charge in [0.05, 0.1) is 26.4 Å². The molecule has 0 radical (unpaired) electrons. The maximum atomic E-state index is 12.3. The summed E-state index contributed by atoms with van der Waals surface area (Å²) in [4.78, 5) is 0.0375. The van der Waals surface area contributed by atoms with E-state index in [2.05, 4.69) is 4.72 Å². The quantitative estimate of drug-likeness (QED) is 0.796. The Kier molecular flexibility index (Phi) is 3.71. The Morgan fingerprint density at radius 1 is 1.32 bits per heavy atom. The number of sulfonamides is 1. The molecule has 1 fully saturated rings. The number of methoxy groups -OCH3 is 2. The van der Waals surface area contributed by atoms with Crippen LogP contribution in [0.1, 0.15) is 12.8 Å². The Hall–Kier alpha value is -1.31. The monoisotopic (exact) mass is 287 g/mol. The second-order valence-corrected chi connectivity index (χ2v) is 6.21. The molecule has 0 spiro atoms. The minimum absolute atomic E-state index is 0.0375. The average Bonchev–Trinajstić information content (AvgIpc) is 3.17. The fourth-order valence-corrected chi connectivity index (χ4v) is 3.38. The van der Waals surface area contributed by atoms with Gasteiger partial charge in [-0.15, -0.1) is 0 Å². The van der Waals surface area contributed by atoms with Crippen LogP contribution in [0.25, 0.3) is 0 Å². The third-order valence-electron chi connectivity index (χ3n) is 3.17. The van der Waals surface area contributed by atoms with Crippen molar-refractivity contribution in [3.8, 4) is 11.5 Å². The molecule has 1 saturated carbocycles. The van der Waals surface area contributed by atoms with E-state index in [4.69, 9.17) is 9.47 Å². The standard InChI is InChI=1S/C12H17NO5S/c1-17-9-3-4-11(10(7-9)18-2)19(15,16)13-12(8-14)5-6-12/h3-4,7,13-14H,5-6,8H2,1-2H3. The number of rotatable bonds is 6. The Labute approximate surface area is 112 Å². The number of aliphatic hydroxyl groups is 1. The first-order chi connectivity index (χ1) is 8.96. The van der Waals surface area contributed by atoms with Crippen molar-refractivity contribution < 1.29 is 23.0 Å². The molecule has 0 amide bonds. The number of hydrogen-bond acceptors (Lipinski definition) is 5. The van der Waals surface area contributed by atoms with Crippen LogP contribution in [0.15, 0.2) is 23.1 Å². The lowest BCUT2D eigenvalue weighted by molar-refractivity contribution is 0.246. The van der Waals surface area contributed by atoms with E-state index < -0.39 is 15.6 Å². The van der Waals surface area contributed by atoms with Crippen LogP contribution in [0.4, 0.5) is 0 Å². The molecule has 7 heteroatoms. The van der Waals surface area contributed by atoms with Gasteiger partial charge in [-0.1, -0.05) is 0 Å². The lowest BCUT2D eigenvalue weighted by Crippen LogP contribution is -2.39. The highest BCUT2D eigenvalue weighted by Crippen LogP contribution is 2.37. The maximum Gasteiger partial charge on any atom is 0.244 e. The summed E-state index contributed by atoms with van der Waals surface area (Å²) in [6.45, 7) is -0.204. The zero-order chi connectivity index (χ0) is 14.1. The highest BCUT2D eigenvalue weighted by atomic mass is 32.2. The number of hydrogen-bond donors (Lipinski definition) is 2. The molecule has 6 nitrogen and oxygen atoms in total. The van der Waals surface area contributed by atoms with Gasteiger partial charge in [-0.3, -0.25) is 0 Å². The van der Waals surface area contributed by atoms with Crippen molar-refractivity contribution in [2.75, 3.05) is 20.8 Å². The minimum Gasteiger partial charge on any atom is -0.497 e. The smallest absolute Gasteiger partial charge is 0.244 e. The van der Waals surface area contributed by atoms with Crippen molar-refractivity contribution >= 4 is 10.0 Å². The van der Waals surface area contributed by atoms with Gasteiger partial charge in [-0.05, 0) is 25.0 Å². The molecule has 0 heterocycles. The number of nitrogens with one attached hydrogen (secondary N) is 1. The highest BCUT2D eigenvalue weighted by Gasteiger charge is 2.46. The van der Waals surface area contributed by atoms with Crippen LogP contribution in [0, 0.1) is 0 Å². The lowest BCUT2D eigenvalue weighted by atomic mass is 10.3. The van der Waals surface area contributed by atoms with Crippen molar-refractivity contribution in [3.05, 3.63) is 18.2 Å². The van der Waals surface area contributed by atoms with E-state index in [-0.39, 0.29) is 17.3 Å². The van der Waals surface area contributed by atoms with Crippen LogP contribution < -0.4 is 14.2 Å². The molecule has 1 aromatic carbocycles. The van der Waals surface area contributed by atoms with E-state index in [1.54, 1.807) is 6.07 Å². The summed E-state index contributed by atoms with van der Waals surface area (Å²) in [5.41, 5.74) is -0.705. The van der Waals surface area contributed by atoms with E-state index >= 15 is 0 Å². The molecule has 1 aromatic rings. The maximum absolute atomic E-state index is 12.3. The van der Waals surface area contributed by atoms with E-state index in [1.165, 1.54) is 26.4 Å². The molecule has 0 saturated heterocycles. The molecular formula is C12H17NO5S. The molecule has 106 valence electrons. The molecule has 1 aliphatic carbocycles. The largest absolute Gasteiger partial charge is 0.497 e. The first-order valence-electron chi connectivity index (χ1n) is 5.83. The normalized spacial score (nSPS) is 17.0. The van der Waals surface area contributed by atoms with Gasteiger partial charge < -0.3 is 14.6 Å².